The van der Waals surface area contributed by atoms with E-state index >= 15 is 0 Å². The van der Waals surface area contributed by atoms with E-state index in [4.69, 9.17) is 0 Å². The average Bonchev–Trinajstić information content (AvgIpc) is 2.92. The van der Waals surface area contributed by atoms with E-state index in [2.05, 4.69) is 11.4 Å². The van der Waals surface area contributed by atoms with Crippen molar-refractivity contribution in [1.29, 1.82) is 0 Å². The van der Waals surface area contributed by atoms with E-state index in [0.717, 1.165) is 37.0 Å². The van der Waals surface area contributed by atoms with Crippen LogP contribution in [-0.4, -0.2) is 23.7 Å². The van der Waals surface area contributed by atoms with E-state index in [9.17, 15) is 9.90 Å². The second-order valence-corrected chi connectivity index (χ2v) is 7.21. The standard InChI is InChI=1S/C16H23NO2S/c18-10-12-6-1-3-7-13(12)17-16(19)15-9-11-5-2-4-8-14(11)20-15/h9,12-13,18H,1-8,10H2,(H,17,19). The van der Waals surface area contributed by atoms with E-state index < -0.39 is 0 Å². The van der Waals surface area contributed by atoms with Gasteiger partial charge in [-0.25, -0.2) is 0 Å². The van der Waals surface area contributed by atoms with Crippen LogP contribution in [-0.2, 0) is 12.8 Å². The van der Waals surface area contributed by atoms with Crippen molar-refractivity contribution in [3.8, 4) is 0 Å². The number of aliphatic hydroxyl groups is 1. The maximum atomic E-state index is 12.4. The molecule has 2 unspecified atom stereocenters. The molecule has 0 aromatic carbocycles. The number of carbonyl (C=O) groups excluding carboxylic acids is 1. The van der Waals surface area contributed by atoms with Crippen molar-refractivity contribution in [3.63, 3.8) is 0 Å². The number of rotatable bonds is 3. The highest BCUT2D eigenvalue weighted by molar-refractivity contribution is 7.14. The summed E-state index contributed by atoms with van der Waals surface area (Å²) in [6.07, 6.45) is 9.12. The number of aryl methyl sites for hydroxylation is 2. The first-order valence-electron chi connectivity index (χ1n) is 7.81. The fraction of sp³-hybridized carbons (Fsp3) is 0.688. The molecule has 1 aromatic heterocycles. The van der Waals surface area contributed by atoms with Crippen LogP contribution in [0.4, 0.5) is 0 Å². The number of thiophene rings is 1. The Bertz CT molecular complexity index is 459. The van der Waals surface area contributed by atoms with E-state index in [1.165, 1.54) is 29.7 Å². The smallest absolute Gasteiger partial charge is 0.261 e. The van der Waals surface area contributed by atoms with Gasteiger partial charge < -0.3 is 10.4 Å². The van der Waals surface area contributed by atoms with Crippen LogP contribution in [0.15, 0.2) is 6.07 Å². The number of hydrogen-bond donors (Lipinski definition) is 2. The van der Waals surface area contributed by atoms with Gasteiger partial charge in [-0.3, -0.25) is 4.79 Å². The van der Waals surface area contributed by atoms with Crippen LogP contribution < -0.4 is 5.32 Å². The number of amides is 1. The Morgan fingerprint density at radius 2 is 2.05 bits per heavy atom. The largest absolute Gasteiger partial charge is 0.396 e. The summed E-state index contributed by atoms with van der Waals surface area (Å²) in [5.74, 6) is 0.303. The second kappa shape index (κ2) is 6.27. The minimum Gasteiger partial charge on any atom is -0.396 e. The lowest BCUT2D eigenvalue weighted by Gasteiger charge is -2.30. The van der Waals surface area contributed by atoms with E-state index in [-0.39, 0.29) is 24.5 Å². The number of carbonyl (C=O) groups is 1. The van der Waals surface area contributed by atoms with Gasteiger partial charge in [-0.2, -0.15) is 0 Å². The van der Waals surface area contributed by atoms with Gasteiger partial charge in [-0.05, 0) is 50.2 Å². The van der Waals surface area contributed by atoms with Gasteiger partial charge in [0.15, 0.2) is 0 Å². The fourth-order valence-electron chi connectivity index (χ4n) is 3.46. The van der Waals surface area contributed by atoms with Crippen molar-refractivity contribution in [1.82, 2.24) is 5.32 Å². The van der Waals surface area contributed by atoms with Crippen molar-refractivity contribution >= 4 is 17.2 Å². The third-order valence-electron chi connectivity index (χ3n) is 4.68. The third-order valence-corrected chi connectivity index (χ3v) is 5.92. The lowest BCUT2D eigenvalue weighted by Crippen LogP contribution is -2.43. The van der Waals surface area contributed by atoms with Crippen LogP contribution in [0.5, 0.6) is 0 Å². The SMILES string of the molecule is O=C(NC1CCCCC1CO)c1cc2c(s1)CCCC2. The molecule has 0 aliphatic heterocycles. The molecule has 2 atom stereocenters. The van der Waals surface area contributed by atoms with E-state index in [1.807, 2.05) is 0 Å². The van der Waals surface area contributed by atoms with Gasteiger partial charge in [-0.1, -0.05) is 12.8 Å². The lowest BCUT2D eigenvalue weighted by molar-refractivity contribution is 0.0876. The van der Waals surface area contributed by atoms with Gasteiger partial charge >= 0.3 is 0 Å². The predicted molar refractivity (Wildman–Crippen MR) is 81.3 cm³/mol. The molecule has 1 aromatic rings. The number of aliphatic hydroxyl groups excluding tert-OH is 1. The summed E-state index contributed by atoms with van der Waals surface area (Å²) in [6.45, 7) is 0.186. The highest BCUT2D eigenvalue weighted by Crippen LogP contribution is 2.30. The number of nitrogens with one attached hydrogen (secondary N) is 1. The zero-order valence-electron chi connectivity index (χ0n) is 11.9. The van der Waals surface area contributed by atoms with E-state index in [0.29, 0.717) is 0 Å². The van der Waals surface area contributed by atoms with Crippen LogP contribution in [0, 0.1) is 5.92 Å². The summed E-state index contributed by atoms with van der Waals surface area (Å²) < 4.78 is 0. The molecule has 0 spiro atoms. The van der Waals surface area contributed by atoms with Crippen LogP contribution in [0.3, 0.4) is 0 Å². The van der Waals surface area contributed by atoms with Gasteiger partial charge in [0.1, 0.15) is 0 Å². The second-order valence-electron chi connectivity index (χ2n) is 6.07. The molecule has 2 aliphatic carbocycles. The third kappa shape index (κ3) is 2.91. The maximum absolute atomic E-state index is 12.4. The van der Waals surface area contributed by atoms with Crippen LogP contribution in [0.2, 0.25) is 0 Å². The molecule has 1 amide bonds. The Balaban J connectivity index is 1.67. The molecule has 0 saturated heterocycles. The monoisotopic (exact) mass is 293 g/mol. The molecular formula is C16H23NO2S. The Labute approximate surface area is 124 Å². The topological polar surface area (TPSA) is 49.3 Å². The van der Waals surface area contributed by atoms with Crippen LogP contribution in [0.25, 0.3) is 0 Å². The van der Waals surface area contributed by atoms with Gasteiger partial charge in [0.2, 0.25) is 0 Å². The van der Waals surface area contributed by atoms with Crippen LogP contribution in [0.1, 0.15) is 58.6 Å². The van der Waals surface area contributed by atoms with Crippen molar-refractivity contribution in [3.05, 3.63) is 21.4 Å². The van der Waals surface area contributed by atoms with Crippen LogP contribution >= 0.6 is 11.3 Å². The Kier molecular flexibility index (Phi) is 4.41. The zero-order chi connectivity index (χ0) is 13.9. The lowest BCUT2D eigenvalue weighted by atomic mass is 9.85. The minimum absolute atomic E-state index is 0.0646. The normalized spacial score (nSPS) is 26.1. The quantitative estimate of drug-likeness (QED) is 0.900. The number of hydrogen-bond acceptors (Lipinski definition) is 3. The van der Waals surface area contributed by atoms with Gasteiger partial charge in [0.25, 0.3) is 5.91 Å². The fourth-order valence-corrected chi connectivity index (χ4v) is 4.62. The first kappa shape index (κ1) is 14.1. The Morgan fingerprint density at radius 1 is 1.25 bits per heavy atom. The van der Waals surface area contributed by atoms with Crippen molar-refractivity contribution in [2.45, 2.75) is 57.4 Å². The maximum Gasteiger partial charge on any atom is 0.261 e. The Morgan fingerprint density at radius 3 is 2.85 bits per heavy atom. The molecule has 1 saturated carbocycles. The molecule has 2 N–H and O–H groups in total. The molecule has 1 fully saturated rings. The molecule has 1 heterocycles. The molecule has 0 radical (unpaired) electrons. The molecule has 3 nitrogen and oxygen atoms in total. The van der Waals surface area contributed by atoms with Gasteiger partial charge in [0, 0.05) is 23.4 Å². The highest BCUT2D eigenvalue weighted by atomic mass is 32.1. The van der Waals surface area contributed by atoms with Crippen molar-refractivity contribution < 1.29 is 9.90 Å². The zero-order valence-corrected chi connectivity index (χ0v) is 12.7. The summed E-state index contributed by atoms with van der Waals surface area (Å²) in [5.41, 5.74) is 1.38. The van der Waals surface area contributed by atoms with E-state index in [1.54, 1.807) is 11.3 Å². The van der Waals surface area contributed by atoms with Crippen molar-refractivity contribution in [2.75, 3.05) is 6.61 Å². The Hall–Kier alpha value is -0.870. The van der Waals surface area contributed by atoms with Crippen molar-refractivity contribution in [2.24, 2.45) is 5.92 Å². The molecule has 3 rings (SSSR count). The summed E-state index contributed by atoms with van der Waals surface area (Å²) >= 11 is 1.67. The predicted octanol–water partition coefficient (Wildman–Crippen LogP) is 2.91. The summed E-state index contributed by atoms with van der Waals surface area (Å²) in [6, 6.07) is 2.24. The molecule has 110 valence electrons. The summed E-state index contributed by atoms with van der Waals surface area (Å²) in [7, 11) is 0. The highest BCUT2D eigenvalue weighted by Gasteiger charge is 2.27. The summed E-state index contributed by atoms with van der Waals surface area (Å²) in [5, 5.41) is 12.6. The summed E-state index contributed by atoms with van der Waals surface area (Å²) in [4.78, 5) is 14.7. The first-order valence-corrected chi connectivity index (χ1v) is 8.63. The molecule has 0 bridgehead atoms. The van der Waals surface area contributed by atoms with Gasteiger partial charge in [0.05, 0.1) is 4.88 Å². The molecule has 2 aliphatic rings. The number of fused-ring (bicyclic) bond motifs is 1. The average molecular weight is 293 g/mol. The van der Waals surface area contributed by atoms with Gasteiger partial charge in [-0.15, -0.1) is 11.3 Å². The molecule has 4 heteroatoms. The molecule has 20 heavy (non-hydrogen) atoms. The minimum atomic E-state index is 0.0646. The molecular weight excluding hydrogens is 270 g/mol. The first-order chi connectivity index (χ1) is 9.78.